The Morgan fingerprint density at radius 1 is 1.37 bits per heavy atom. The molecule has 0 unspecified atom stereocenters. The SMILES string of the molecule is C=CCn1c(C2CC2)nc(-c2ccc(F)cc2)c1N. The number of rotatable bonds is 4. The Balaban J connectivity index is 2.08. The molecule has 4 heteroatoms. The van der Waals surface area contributed by atoms with Crippen LogP contribution in [0.25, 0.3) is 11.3 Å². The van der Waals surface area contributed by atoms with Crippen molar-refractivity contribution in [2.45, 2.75) is 25.3 Å². The molecule has 3 rings (SSSR count). The summed E-state index contributed by atoms with van der Waals surface area (Å²) in [6, 6.07) is 6.28. The van der Waals surface area contributed by atoms with E-state index in [0.717, 1.165) is 29.9 Å². The van der Waals surface area contributed by atoms with Crippen LogP contribution < -0.4 is 5.73 Å². The van der Waals surface area contributed by atoms with Crippen molar-refractivity contribution < 1.29 is 4.39 Å². The number of hydrogen-bond acceptors (Lipinski definition) is 2. The molecular formula is C15H16FN3. The second-order valence-electron chi connectivity index (χ2n) is 4.88. The maximum absolute atomic E-state index is 13.0. The predicted octanol–water partition coefficient (Wildman–Crippen LogP) is 3.33. The van der Waals surface area contributed by atoms with E-state index in [9.17, 15) is 4.39 Å². The molecule has 1 saturated carbocycles. The van der Waals surface area contributed by atoms with Gasteiger partial charge in [-0.3, -0.25) is 0 Å². The van der Waals surface area contributed by atoms with E-state index in [4.69, 9.17) is 5.73 Å². The van der Waals surface area contributed by atoms with Gasteiger partial charge in [0.2, 0.25) is 0 Å². The highest BCUT2D eigenvalue weighted by molar-refractivity contribution is 5.71. The first kappa shape index (κ1) is 12.0. The summed E-state index contributed by atoms with van der Waals surface area (Å²) in [6.45, 7) is 4.42. The minimum atomic E-state index is -0.254. The fourth-order valence-corrected chi connectivity index (χ4v) is 2.28. The average Bonchev–Trinajstić information content (AvgIpc) is 3.19. The first-order valence-corrected chi connectivity index (χ1v) is 6.43. The maximum atomic E-state index is 13.0. The highest BCUT2D eigenvalue weighted by atomic mass is 19.1. The van der Waals surface area contributed by atoms with Gasteiger partial charge in [0.25, 0.3) is 0 Å². The lowest BCUT2D eigenvalue weighted by molar-refractivity contribution is 0.628. The molecule has 2 N–H and O–H groups in total. The molecule has 0 spiro atoms. The number of hydrogen-bond donors (Lipinski definition) is 1. The van der Waals surface area contributed by atoms with Crippen LogP contribution in [0.4, 0.5) is 10.2 Å². The summed E-state index contributed by atoms with van der Waals surface area (Å²) in [6.07, 6.45) is 4.14. The minimum Gasteiger partial charge on any atom is -0.383 e. The molecule has 1 aromatic carbocycles. The Hall–Kier alpha value is -2.10. The van der Waals surface area contributed by atoms with Gasteiger partial charge in [-0.15, -0.1) is 6.58 Å². The summed E-state index contributed by atoms with van der Waals surface area (Å²) >= 11 is 0. The van der Waals surface area contributed by atoms with Crippen molar-refractivity contribution in [1.82, 2.24) is 9.55 Å². The number of nitrogens with two attached hydrogens (primary N) is 1. The van der Waals surface area contributed by atoms with Gasteiger partial charge in [-0.05, 0) is 37.1 Å². The van der Waals surface area contributed by atoms with Crippen molar-refractivity contribution in [1.29, 1.82) is 0 Å². The summed E-state index contributed by atoms with van der Waals surface area (Å²) in [5.41, 5.74) is 7.77. The molecule has 0 bridgehead atoms. The van der Waals surface area contributed by atoms with Crippen LogP contribution in [0.1, 0.15) is 24.6 Å². The monoisotopic (exact) mass is 257 g/mol. The first-order chi connectivity index (χ1) is 9.20. The van der Waals surface area contributed by atoms with E-state index in [0.29, 0.717) is 18.3 Å². The number of imidazole rings is 1. The van der Waals surface area contributed by atoms with E-state index < -0.39 is 0 Å². The molecule has 1 aromatic heterocycles. The van der Waals surface area contributed by atoms with E-state index in [1.807, 2.05) is 10.6 Å². The molecule has 0 radical (unpaired) electrons. The fourth-order valence-electron chi connectivity index (χ4n) is 2.28. The van der Waals surface area contributed by atoms with E-state index in [1.54, 1.807) is 12.1 Å². The molecule has 0 aliphatic heterocycles. The number of allylic oxidation sites excluding steroid dienone is 1. The molecule has 1 heterocycles. The Morgan fingerprint density at radius 2 is 2.05 bits per heavy atom. The second kappa shape index (κ2) is 4.53. The number of benzene rings is 1. The van der Waals surface area contributed by atoms with Crippen molar-refractivity contribution in [3.05, 3.63) is 48.6 Å². The van der Waals surface area contributed by atoms with Crippen molar-refractivity contribution in [2.24, 2.45) is 0 Å². The number of nitrogen functional groups attached to an aromatic ring is 1. The van der Waals surface area contributed by atoms with Gasteiger partial charge >= 0.3 is 0 Å². The molecular weight excluding hydrogens is 241 g/mol. The lowest BCUT2D eigenvalue weighted by atomic mass is 10.1. The van der Waals surface area contributed by atoms with E-state index >= 15 is 0 Å². The number of anilines is 1. The van der Waals surface area contributed by atoms with Crippen molar-refractivity contribution in [2.75, 3.05) is 5.73 Å². The van der Waals surface area contributed by atoms with Crippen LogP contribution in [0.5, 0.6) is 0 Å². The summed E-state index contributed by atoms with van der Waals surface area (Å²) < 4.78 is 15.0. The van der Waals surface area contributed by atoms with Gasteiger partial charge < -0.3 is 10.3 Å². The number of aromatic nitrogens is 2. The Kier molecular flexibility index (Phi) is 2.85. The molecule has 19 heavy (non-hydrogen) atoms. The third kappa shape index (κ3) is 2.14. The zero-order chi connectivity index (χ0) is 13.4. The smallest absolute Gasteiger partial charge is 0.132 e. The Bertz CT molecular complexity index is 609. The highest BCUT2D eigenvalue weighted by Crippen LogP contribution is 2.42. The van der Waals surface area contributed by atoms with Crippen molar-refractivity contribution >= 4 is 5.82 Å². The van der Waals surface area contributed by atoms with E-state index in [-0.39, 0.29) is 5.82 Å². The fraction of sp³-hybridized carbons (Fsp3) is 0.267. The first-order valence-electron chi connectivity index (χ1n) is 6.43. The molecule has 0 atom stereocenters. The van der Waals surface area contributed by atoms with Crippen LogP contribution in [-0.4, -0.2) is 9.55 Å². The topological polar surface area (TPSA) is 43.8 Å². The van der Waals surface area contributed by atoms with Crippen LogP contribution in [0, 0.1) is 5.82 Å². The van der Waals surface area contributed by atoms with Crippen LogP contribution in [0.3, 0.4) is 0 Å². The second-order valence-corrected chi connectivity index (χ2v) is 4.88. The third-order valence-corrected chi connectivity index (χ3v) is 3.41. The molecule has 2 aromatic rings. The van der Waals surface area contributed by atoms with Crippen molar-refractivity contribution in [3.8, 4) is 11.3 Å². The van der Waals surface area contributed by atoms with Crippen LogP contribution in [0.2, 0.25) is 0 Å². The molecule has 3 nitrogen and oxygen atoms in total. The highest BCUT2D eigenvalue weighted by Gasteiger charge is 2.30. The maximum Gasteiger partial charge on any atom is 0.132 e. The predicted molar refractivity (Wildman–Crippen MR) is 74.2 cm³/mol. The normalized spacial score (nSPS) is 14.6. The molecule has 1 aliphatic rings. The zero-order valence-corrected chi connectivity index (χ0v) is 10.6. The van der Waals surface area contributed by atoms with Gasteiger partial charge in [0.15, 0.2) is 0 Å². The van der Waals surface area contributed by atoms with E-state index in [2.05, 4.69) is 11.6 Å². The summed E-state index contributed by atoms with van der Waals surface area (Å²) in [5.74, 6) is 1.91. The summed E-state index contributed by atoms with van der Waals surface area (Å²) in [7, 11) is 0. The van der Waals surface area contributed by atoms with E-state index in [1.165, 1.54) is 12.1 Å². The lowest BCUT2D eigenvalue weighted by Crippen LogP contribution is -2.05. The van der Waals surface area contributed by atoms with Gasteiger partial charge in [-0.1, -0.05) is 6.08 Å². The van der Waals surface area contributed by atoms with Crippen LogP contribution >= 0.6 is 0 Å². The minimum absolute atomic E-state index is 0.254. The molecule has 98 valence electrons. The number of halogens is 1. The quantitative estimate of drug-likeness (QED) is 0.854. The molecule has 1 aliphatic carbocycles. The van der Waals surface area contributed by atoms with Crippen molar-refractivity contribution in [3.63, 3.8) is 0 Å². The van der Waals surface area contributed by atoms with Gasteiger partial charge in [0, 0.05) is 18.0 Å². The van der Waals surface area contributed by atoms with Crippen LogP contribution in [-0.2, 0) is 6.54 Å². The Morgan fingerprint density at radius 3 is 2.63 bits per heavy atom. The largest absolute Gasteiger partial charge is 0.383 e. The molecule has 1 fully saturated rings. The Labute approximate surface area is 111 Å². The average molecular weight is 257 g/mol. The van der Waals surface area contributed by atoms with Crippen LogP contribution in [0.15, 0.2) is 36.9 Å². The van der Waals surface area contributed by atoms with Gasteiger partial charge in [-0.2, -0.15) is 0 Å². The number of nitrogens with zero attached hydrogens (tertiary/aromatic N) is 2. The van der Waals surface area contributed by atoms with Gasteiger partial charge in [-0.25, -0.2) is 9.37 Å². The molecule has 0 saturated heterocycles. The van der Waals surface area contributed by atoms with Gasteiger partial charge in [0.1, 0.15) is 23.2 Å². The zero-order valence-electron chi connectivity index (χ0n) is 10.6. The molecule has 0 amide bonds. The lowest BCUT2D eigenvalue weighted by Gasteiger charge is -2.05. The van der Waals surface area contributed by atoms with Gasteiger partial charge in [0.05, 0.1) is 0 Å². The third-order valence-electron chi connectivity index (χ3n) is 3.41. The standard InChI is InChI=1S/C15H16FN3/c1-2-9-19-14(17)13(18-15(19)11-3-4-11)10-5-7-12(16)8-6-10/h2,5-8,11H,1,3-4,9,17H2. The summed E-state index contributed by atoms with van der Waals surface area (Å²) in [5, 5.41) is 0. The summed E-state index contributed by atoms with van der Waals surface area (Å²) in [4.78, 5) is 4.66.